The highest BCUT2D eigenvalue weighted by atomic mass is 16.3. The zero-order chi connectivity index (χ0) is 33.6. The van der Waals surface area contributed by atoms with Crippen LogP contribution in [0.3, 0.4) is 0 Å². The van der Waals surface area contributed by atoms with E-state index in [9.17, 15) is 15.0 Å². The van der Waals surface area contributed by atoms with Gasteiger partial charge in [0.2, 0.25) is 5.91 Å². The summed E-state index contributed by atoms with van der Waals surface area (Å²) >= 11 is 0. The first-order valence-electron chi connectivity index (χ1n) is 19.9. The number of unbranched alkanes of at least 4 members (excludes halogenated alkanes) is 22. The molecule has 268 valence electrons. The predicted octanol–water partition coefficient (Wildman–Crippen LogP) is 12.0. The van der Waals surface area contributed by atoms with Gasteiger partial charge in [0.05, 0.1) is 18.8 Å². The van der Waals surface area contributed by atoms with E-state index >= 15 is 0 Å². The van der Waals surface area contributed by atoms with Crippen molar-refractivity contribution in [3.05, 3.63) is 48.6 Å². The van der Waals surface area contributed by atoms with Gasteiger partial charge in [0.15, 0.2) is 0 Å². The van der Waals surface area contributed by atoms with Gasteiger partial charge < -0.3 is 15.5 Å². The fourth-order valence-corrected chi connectivity index (χ4v) is 5.71. The van der Waals surface area contributed by atoms with Crippen molar-refractivity contribution < 1.29 is 15.0 Å². The van der Waals surface area contributed by atoms with Crippen molar-refractivity contribution in [2.75, 3.05) is 6.61 Å². The van der Waals surface area contributed by atoms with Crippen molar-refractivity contribution in [2.24, 2.45) is 0 Å². The molecule has 0 saturated heterocycles. The van der Waals surface area contributed by atoms with Crippen LogP contribution in [0.15, 0.2) is 48.6 Å². The summed E-state index contributed by atoms with van der Waals surface area (Å²) < 4.78 is 0. The summed E-state index contributed by atoms with van der Waals surface area (Å²) in [6, 6.07) is -0.625. The van der Waals surface area contributed by atoms with E-state index in [0.717, 1.165) is 38.5 Å². The molecule has 2 unspecified atom stereocenters. The topological polar surface area (TPSA) is 69.6 Å². The largest absolute Gasteiger partial charge is 0.394 e. The first-order chi connectivity index (χ1) is 22.7. The number of carbonyl (C=O) groups is 1. The third kappa shape index (κ3) is 33.7. The minimum absolute atomic E-state index is 0.0747. The lowest BCUT2D eigenvalue weighted by Crippen LogP contribution is -2.45. The standard InChI is InChI=1S/C42H77NO3/c1-3-5-7-9-11-13-15-16-17-18-19-20-21-22-23-24-25-26-28-30-32-34-36-38-42(46)43-40(39-44)41(45)37-35-33-31-29-27-14-12-10-8-6-4-2/h15-16,18-19,21-22,35,37,40-41,44-45H,3-14,17,20,23-34,36,38-39H2,1-2H3,(H,43,46)/b16-15-,19-18-,22-21-,37-35+. The number of aliphatic hydroxyl groups excluding tert-OH is 2. The molecule has 0 bridgehead atoms. The lowest BCUT2D eigenvalue weighted by Gasteiger charge is -2.20. The Kier molecular flexibility index (Phi) is 36.4. The third-order valence-electron chi connectivity index (χ3n) is 8.81. The van der Waals surface area contributed by atoms with Crippen LogP contribution in [0.25, 0.3) is 0 Å². The maximum atomic E-state index is 12.3. The zero-order valence-corrected chi connectivity index (χ0v) is 30.6. The first kappa shape index (κ1) is 44.4. The lowest BCUT2D eigenvalue weighted by atomic mass is 10.1. The summed E-state index contributed by atoms with van der Waals surface area (Å²) in [5, 5.41) is 22.9. The zero-order valence-electron chi connectivity index (χ0n) is 30.6. The van der Waals surface area contributed by atoms with E-state index in [4.69, 9.17) is 0 Å². The smallest absolute Gasteiger partial charge is 0.220 e. The molecule has 0 aromatic carbocycles. The van der Waals surface area contributed by atoms with Crippen molar-refractivity contribution in [1.29, 1.82) is 0 Å². The average Bonchev–Trinajstić information content (AvgIpc) is 3.06. The van der Waals surface area contributed by atoms with Crippen molar-refractivity contribution in [1.82, 2.24) is 5.32 Å². The molecule has 0 aliphatic heterocycles. The van der Waals surface area contributed by atoms with E-state index in [1.165, 1.54) is 135 Å². The molecule has 4 nitrogen and oxygen atoms in total. The summed E-state index contributed by atoms with van der Waals surface area (Å²) in [6.07, 6.45) is 50.6. The Labute approximate surface area is 286 Å². The second-order valence-corrected chi connectivity index (χ2v) is 13.3. The summed E-state index contributed by atoms with van der Waals surface area (Å²) in [6.45, 7) is 4.27. The van der Waals surface area contributed by atoms with Gasteiger partial charge in [0.25, 0.3) is 0 Å². The molecule has 0 rings (SSSR count). The van der Waals surface area contributed by atoms with Crippen molar-refractivity contribution >= 4 is 5.91 Å². The number of hydrogen-bond acceptors (Lipinski definition) is 3. The van der Waals surface area contributed by atoms with Crippen LogP contribution in [0.4, 0.5) is 0 Å². The fourth-order valence-electron chi connectivity index (χ4n) is 5.71. The minimum atomic E-state index is -0.841. The maximum Gasteiger partial charge on any atom is 0.220 e. The quantitative estimate of drug-likeness (QED) is 0.0475. The van der Waals surface area contributed by atoms with Crippen molar-refractivity contribution in [2.45, 2.75) is 206 Å². The highest BCUT2D eigenvalue weighted by molar-refractivity contribution is 5.76. The molecule has 0 spiro atoms. The molecule has 2 atom stereocenters. The van der Waals surface area contributed by atoms with Gasteiger partial charge in [-0.3, -0.25) is 4.79 Å². The number of rotatable bonds is 35. The molecule has 0 aromatic rings. The number of hydrogen-bond donors (Lipinski definition) is 3. The van der Waals surface area contributed by atoms with Gasteiger partial charge in [-0.2, -0.15) is 0 Å². The molecule has 0 aromatic heterocycles. The van der Waals surface area contributed by atoms with E-state index in [0.29, 0.717) is 6.42 Å². The minimum Gasteiger partial charge on any atom is -0.394 e. The van der Waals surface area contributed by atoms with E-state index in [2.05, 4.69) is 55.6 Å². The molecule has 4 heteroatoms. The van der Waals surface area contributed by atoms with Crippen LogP contribution in [0.5, 0.6) is 0 Å². The van der Waals surface area contributed by atoms with Crippen LogP contribution < -0.4 is 5.32 Å². The lowest BCUT2D eigenvalue weighted by molar-refractivity contribution is -0.123. The van der Waals surface area contributed by atoms with E-state index in [1.54, 1.807) is 6.08 Å². The van der Waals surface area contributed by atoms with Gasteiger partial charge >= 0.3 is 0 Å². The van der Waals surface area contributed by atoms with Gasteiger partial charge in [-0.1, -0.05) is 178 Å². The SMILES string of the molecule is CCCCCCC/C=C\C/C=C\C/C=C\CCCCCCCCCCC(=O)NC(CO)C(O)/C=C/CCCCCCCCCCC. The molecule has 0 heterocycles. The van der Waals surface area contributed by atoms with Gasteiger partial charge in [-0.25, -0.2) is 0 Å². The highest BCUT2D eigenvalue weighted by Gasteiger charge is 2.17. The Bertz CT molecular complexity index is 741. The van der Waals surface area contributed by atoms with Gasteiger partial charge in [0, 0.05) is 6.42 Å². The molecular formula is C42H77NO3. The van der Waals surface area contributed by atoms with Crippen LogP contribution in [-0.4, -0.2) is 34.9 Å². The summed E-state index contributed by atoms with van der Waals surface area (Å²) in [5.41, 5.74) is 0. The Morgan fingerprint density at radius 3 is 1.33 bits per heavy atom. The molecule has 1 amide bonds. The molecule has 46 heavy (non-hydrogen) atoms. The molecule has 3 N–H and O–H groups in total. The Balaban J connectivity index is 3.61. The Morgan fingerprint density at radius 1 is 0.522 bits per heavy atom. The Morgan fingerprint density at radius 2 is 0.891 bits per heavy atom. The van der Waals surface area contributed by atoms with Crippen LogP contribution in [-0.2, 0) is 4.79 Å². The Hall–Kier alpha value is -1.65. The predicted molar refractivity (Wildman–Crippen MR) is 202 cm³/mol. The molecule has 0 radical (unpaired) electrons. The average molecular weight is 644 g/mol. The fraction of sp³-hybridized carbons (Fsp3) is 0.786. The second kappa shape index (κ2) is 37.8. The van der Waals surface area contributed by atoms with Gasteiger partial charge in [-0.05, 0) is 57.8 Å². The van der Waals surface area contributed by atoms with E-state index in [1.807, 2.05) is 6.08 Å². The number of nitrogens with one attached hydrogen (secondary N) is 1. The highest BCUT2D eigenvalue weighted by Crippen LogP contribution is 2.13. The maximum absolute atomic E-state index is 12.3. The molecular weight excluding hydrogens is 566 g/mol. The van der Waals surface area contributed by atoms with Crippen molar-refractivity contribution in [3.8, 4) is 0 Å². The molecule has 0 saturated carbocycles. The van der Waals surface area contributed by atoms with Crippen LogP contribution >= 0.6 is 0 Å². The normalized spacial score (nSPS) is 13.6. The molecule has 0 fully saturated rings. The number of carbonyl (C=O) groups excluding carboxylic acids is 1. The van der Waals surface area contributed by atoms with Gasteiger partial charge in [0.1, 0.15) is 0 Å². The van der Waals surface area contributed by atoms with Crippen LogP contribution in [0.2, 0.25) is 0 Å². The number of allylic oxidation sites excluding steroid dienone is 7. The van der Waals surface area contributed by atoms with Gasteiger partial charge in [-0.15, -0.1) is 0 Å². The van der Waals surface area contributed by atoms with Crippen molar-refractivity contribution in [3.63, 3.8) is 0 Å². The number of amides is 1. The van der Waals surface area contributed by atoms with Crippen LogP contribution in [0.1, 0.15) is 194 Å². The molecule has 0 aliphatic carbocycles. The number of aliphatic hydroxyl groups is 2. The summed E-state index contributed by atoms with van der Waals surface area (Å²) in [4.78, 5) is 12.3. The third-order valence-corrected chi connectivity index (χ3v) is 8.81. The summed E-state index contributed by atoms with van der Waals surface area (Å²) in [7, 11) is 0. The summed E-state index contributed by atoms with van der Waals surface area (Å²) in [5.74, 6) is -0.0747. The first-order valence-corrected chi connectivity index (χ1v) is 19.9. The van der Waals surface area contributed by atoms with E-state index in [-0.39, 0.29) is 12.5 Å². The molecule has 0 aliphatic rings. The van der Waals surface area contributed by atoms with E-state index < -0.39 is 12.1 Å². The van der Waals surface area contributed by atoms with Crippen LogP contribution in [0, 0.1) is 0 Å². The monoisotopic (exact) mass is 644 g/mol. The second-order valence-electron chi connectivity index (χ2n) is 13.3.